The van der Waals surface area contributed by atoms with Gasteiger partial charge in [0.15, 0.2) is 5.96 Å². The summed E-state index contributed by atoms with van der Waals surface area (Å²) in [5, 5.41) is 3.47. The van der Waals surface area contributed by atoms with Crippen LogP contribution in [0.3, 0.4) is 0 Å². The Morgan fingerprint density at radius 2 is 2.17 bits per heavy atom. The van der Waals surface area contributed by atoms with E-state index in [4.69, 9.17) is 9.47 Å². The van der Waals surface area contributed by atoms with Crippen LogP contribution >= 0.6 is 0 Å². The smallest absolute Gasteiger partial charge is 0.193 e. The molecule has 1 N–H and O–H groups in total. The predicted octanol–water partition coefficient (Wildman–Crippen LogP) is 2.58. The summed E-state index contributed by atoms with van der Waals surface area (Å²) < 4.78 is 11.7. The molecule has 23 heavy (non-hydrogen) atoms. The van der Waals surface area contributed by atoms with Crippen molar-refractivity contribution < 1.29 is 9.47 Å². The molecule has 1 saturated heterocycles. The summed E-state index contributed by atoms with van der Waals surface area (Å²) in [6.45, 7) is 7.67. The highest BCUT2D eigenvalue weighted by molar-refractivity contribution is 5.80. The van der Waals surface area contributed by atoms with E-state index in [0.717, 1.165) is 42.5 Å². The van der Waals surface area contributed by atoms with Gasteiger partial charge in [-0.05, 0) is 38.8 Å². The predicted molar refractivity (Wildman–Crippen MR) is 92.4 cm³/mol. The van der Waals surface area contributed by atoms with Crippen molar-refractivity contribution in [1.29, 1.82) is 0 Å². The molecule has 2 heterocycles. The minimum absolute atomic E-state index is 0.250. The number of hydrogen-bond acceptors (Lipinski definition) is 3. The molecule has 5 heteroatoms. The Morgan fingerprint density at radius 3 is 2.87 bits per heavy atom. The van der Waals surface area contributed by atoms with E-state index in [1.54, 1.807) is 0 Å². The molecule has 0 bridgehead atoms. The van der Waals surface area contributed by atoms with Gasteiger partial charge in [-0.3, -0.25) is 4.99 Å². The summed E-state index contributed by atoms with van der Waals surface area (Å²) in [5.41, 5.74) is 2.37. The second-order valence-corrected chi connectivity index (χ2v) is 6.23. The van der Waals surface area contributed by atoms with Crippen LogP contribution in [0.25, 0.3) is 0 Å². The van der Waals surface area contributed by atoms with Gasteiger partial charge in [-0.25, -0.2) is 0 Å². The summed E-state index contributed by atoms with van der Waals surface area (Å²) in [7, 11) is 1.84. The van der Waals surface area contributed by atoms with E-state index in [2.05, 4.69) is 34.3 Å². The number of nitrogens with zero attached hydrogens (tertiary/aromatic N) is 2. The standard InChI is InChI=1S/C18H27N3O2/c1-4-22-16-10-14-9-13(2)23-17(14)11-15(16)12-20-18(19-3)21-7-5-6-8-21/h10-11,13H,4-9,12H2,1-3H3,(H,19,20). The quantitative estimate of drug-likeness (QED) is 0.685. The number of guanidine groups is 1. The summed E-state index contributed by atoms with van der Waals surface area (Å²) >= 11 is 0. The molecule has 3 rings (SSSR count). The lowest BCUT2D eigenvalue weighted by Gasteiger charge is -2.21. The Bertz CT molecular complexity index is 580. The Hall–Kier alpha value is -1.91. The first kappa shape index (κ1) is 16.0. The van der Waals surface area contributed by atoms with Crippen molar-refractivity contribution in [1.82, 2.24) is 10.2 Å². The SMILES string of the molecule is CCOc1cc2c(cc1CNC(=NC)N1CCCC1)OC(C)C2. The van der Waals surface area contributed by atoms with Crippen LogP contribution in [-0.2, 0) is 13.0 Å². The molecular formula is C18H27N3O2. The Kier molecular flexibility index (Phi) is 4.94. The highest BCUT2D eigenvalue weighted by Crippen LogP contribution is 2.35. The first-order chi connectivity index (χ1) is 11.2. The van der Waals surface area contributed by atoms with Gasteiger partial charge in [-0.2, -0.15) is 0 Å². The van der Waals surface area contributed by atoms with Crippen LogP contribution in [0.5, 0.6) is 11.5 Å². The number of rotatable bonds is 4. The van der Waals surface area contributed by atoms with Crippen LogP contribution in [0.15, 0.2) is 17.1 Å². The molecular weight excluding hydrogens is 290 g/mol. The number of nitrogens with one attached hydrogen (secondary N) is 1. The van der Waals surface area contributed by atoms with E-state index >= 15 is 0 Å². The van der Waals surface area contributed by atoms with E-state index in [0.29, 0.717) is 13.2 Å². The minimum atomic E-state index is 0.250. The molecule has 0 amide bonds. The third-order valence-corrected chi connectivity index (χ3v) is 4.43. The number of ether oxygens (including phenoxy) is 2. The van der Waals surface area contributed by atoms with Gasteiger partial charge in [-0.15, -0.1) is 0 Å². The third kappa shape index (κ3) is 3.54. The van der Waals surface area contributed by atoms with Gasteiger partial charge < -0.3 is 19.7 Å². The Morgan fingerprint density at radius 1 is 1.39 bits per heavy atom. The van der Waals surface area contributed by atoms with Crippen molar-refractivity contribution in [3.8, 4) is 11.5 Å². The molecule has 1 atom stereocenters. The van der Waals surface area contributed by atoms with E-state index < -0.39 is 0 Å². The molecule has 126 valence electrons. The first-order valence-electron chi connectivity index (χ1n) is 8.62. The molecule has 1 aromatic carbocycles. The number of aliphatic imine (C=N–C) groups is 1. The number of likely N-dealkylation sites (tertiary alicyclic amines) is 1. The van der Waals surface area contributed by atoms with Crippen molar-refractivity contribution in [2.75, 3.05) is 26.7 Å². The van der Waals surface area contributed by atoms with Crippen molar-refractivity contribution in [3.63, 3.8) is 0 Å². The van der Waals surface area contributed by atoms with Crippen LogP contribution in [0.2, 0.25) is 0 Å². The topological polar surface area (TPSA) is 46.1 Å². The molecule has 2 aliphatic heterocycles. The van der Waals surface area contributed by atoms with Gasteiger partial charge in [0.05, 0.1) is 6.61 Å². The molecule has 1 unspecified atom stereocenters. The fraction of sp³-hybridized carbons (Fsp3) is 0.611. The molecule has 1 fully saturated rings. The highest BCUT2D eigenvalue weighted by Gasteiger charge is 2.22. The summed E-state index contributed by atoms with van der Waals surface area (Å²) in [6, 6.07) is 4.26. The van der Waals surface area contributed by atoms with Crippen LogP contribution in [0.1, 0.15) is 37.8 Å². The van der Waals surface area contributed by atoms with Crippen molar-refractivity contribution in [2.45, 2.75) is 45.8 Å². The second-order valence-electron chi connectivity index (χ2n) is 6.23. The van der Waals surface area contributed by atoms with E-state index in [1.165, 1.54) is 18.4 Å². The van der Waals surface area contributed by atoms with Gasteiger partial charge in [0.1, 0.15) is 17.6 Å². The minimum Gasteiger partial charge on any atom is -0.494 e. The lowest BCUT2D eigenvalue weighted by atomic mass is 10.1. The molecule has 0 saturated carbocycles. The fourth-order valence-corrected chi connectivity index (χ4v) is 3.34. The van der Waals surface area contributed by atoms with Gasteiger partial charge in [0, 0.05) is 44.2 Å². The van der Waals surface area contributed by atoms with Crippen molar-refractivity contribution in [3.05, 3.63) is 23.3 Å². The maximum Gasteiger partial charge on any atom is 0.193 e. The highest BCUT2D eigenvalue weighted by atomic mass is 16.5. The van der Waals surface area contributed by atoms with Gasteiger partial charge in [-0.1, -0.05) is 0 Å². The van der Waals surface area contributed by atoms with E-state index in [-0.39, 0.29) is 6.10 Å². The molecule has 2 aliphatic rings. The third-order valence-electron chi connectivity index (χ3n) is 4.43. The van der Waals surface area contributed by atoms with Crippen molar-refractivity contribution >= 4 is 5.96 Å². The maximum absolute atomic E-state index is 5.89. The molecule has 5 nitrogen and oxygen atoms in total. The van der Waals surface area contributed by atoms with E-state index in [1.807, 2.05) is 14.0 Å². The van der Waals surface area contributed by atoms with Crippen molar-refractivity contribution in [2.24, 2.45) is 4.99 Å². The van der Waals surface area contributed by atoms with E-state index in [9.17, 15) is 0 Å². The fourth-order valence-electron chi connectivity index (χ4n) is 3.34. The largest absolute Gasteiger partial charge is 0.494 e. The normalized spacial score (nSPS) is 20.4. The molecule has 1 aromatic rings. The molecule has 0 spiro atoms. The van der Waals surface area contributed by atoms with Crippen LogP contribution < -0.4 is 14.8 Å². The average molecular weight is 317 g/mol. The van der Waals surface area contributed by atoms with Crippen LogP contribution in [-0.4, -0.2) is 43.7 Å². The molecule has 0 aliphatic carbocycles. The number of hydrogen-bond donors (Lipinski definition) is 1. The average Bonchev–Trinajstić information content (AvgIpc) is 3.17. The molecule has 0 aromatic heterocycles. The second kappa shape index (κ2) is 7.11. The number of benzene rings is 1. The lowest BCUT2D eigenvalue weighted by Crippen LogP contribution is -2.39. The monoisotopic (exact) mass is 317 g/mol. The maximum atomic E-state index is 5.89. The molecule has 0 radical (unpaired) electrons. The first-order valence-corrected chi connectivity index (χ1v) is 8.62. The summed E-state index contributed by atoms with van der Waals surface area (Å²) in [6.07, 6.45) is 3.70. The zero-order valence-electron chi connectivity index (χ0n) is 14.4. The van der Waals surface area contributed by atoms with Gasteiger partial charge in [0.25, 0.3) is 0 Å². The van der Waals surface area contributed by atoms with Gasteiger partial charge in [0.2, 0.25) is 0 Å². The Balaban J connectivity index is 1.74. The summed E-state index contributed by atoms with van der Waals surface area (Å²) in [4.78, 5) is 6.72. The lowest BCUT2D eigenvalue weighted by molar-refractivity contribution is 0.254. The zero-order chi connectivity index (χ0) is 16.2. The summed E-state index contributed by atoms with van der Waals surface area (Å²) in [5.74, 6) is 2.92. The Labute approximate surface area is 138 Å². The zero-order valence-corrected chi connectivity index (χ0v) is 14.4. The van der Waals surface area contributed by atoms with Crippen LogP contribution in [0.4, 0.5) is 0 Å². The van der Waals surface area contributed by atoms with Gasteiger partial charge >= 0.3 is 0 Å². The van der Waals surface area contributed by atoms with Crippen LogP contribution in [0, 0.1) is 0 Å². The number of fused-ring (bicyclic) bond motifs is 1.